The van der Waals surface area contributed by atoms with E-state index in [4.69, 9.17) is 11.6 Å². The summed E-state index contributed by atoms with van der Waals surface area (Å²) in [6, 6.07) is 0. The summed E-state index contributed by atoms with van der Waals surface area (Å²) in [4.78, 5) is 7.24. The molecule has 0 fully saturated rings. The molecule has 0 aromatic carbocycles. The highest BCUT2D eigenvalue weighted by Crippen LogP contribution is 2.20. The number of hydrogen-bond donors (Lipinski definition) is 1. The van der Waals surface area contributed by atoms with Crippen molar-refractivity contribution in [2.75, 3.05) is 0 Å². The molecular weight excluding hydrogens is 184 g/mol. The second-order valence-corrected chi connectivity index (χ2v) is 3.89. The molecule has 0 aliphatic heterocycles. The van der Waals surface area contributed by atoms with Crippen LogP contribution in [-0.4, -0.2) is 15.3 Å². The maximum absolute atomic E-state index is 6.28. The first-order valence-electron chi connectivity index (χ1n) is 4.90. The number of halogens is 1. The maximum Gasteiger partial charge on any atom is 0.107 e. The van der Waals surface area contributed by atoms with Crippen molar-refractivity contribution >= 4 is 11.6 Å². The molecule has 0 radical (unpaired) electrons. The van der Waals surface area contributed by atoms with Crippen molar-refractivity contribution in [1.82, 2.24) is 9.97 Å². The molecule has 0 spiro atoms. The number of aromatic nitrogens is 2. The van der Waals surface area contributed by atoms with Crippen LogP contribution in [0.3, 0.4) is 0 Å². The van der Waals surface area contributed by atoms with Gasteiger partial charge in [0.15, 0.2) is 0 Å². The van der Waals surface area contributed by atoms with Crippen molar-refractivity contribution in [3.05, 3.63) is 18.2 Å². The lowest BCUT2D eigenvalue weighted by molar-refractivity contribution is 0.460. The van der Waals surface area contributed by atoms with Crippen LogP contribution in [0, 0.1) is 5.92 Å². The quantitative estimate of drug-likeness (QED) is 0.728. The molecule has 1 rings (SSSR count). The Labute approximate surface area is 84.7 Å². The third-order valence-corrected chi connectivity index (χ3v) is 3.01. The molecule has 2 nitrogen and oxygen atoms in total. The molecule has 0 saturated carbocycles. The van der Waals surface area contributed by atoms with Crippen molar-refractivity contribution < 1.29 is 0 Å². The maximum atomic E-state index is 6.28. The normalized spacial score (nSPS) is 13.5. The van der Waals surface area contributed by atoms with Gasteiger partial charge in [-0.2, -0.15) is 0 Å². The van der Waals surface area contributed by atoms with E-state index in [2.05, 4.69) is 23.8 Å². The van der Waals surface area contributed by atoms with Gasteiger partial charge >= 0.3 is 0 Å². The van der Waals surface area contributed by atoms with Crippen molar-refractivity contribution in [2.24, 2.45) is 5.92 Å². The number of nitrogens with one attached hydrogen (secondary N) is 1. The van der Waals surface area contributed by atoms with Gasteiger partial charge in [-0.3, -0.25) is 0 Å². The molecule has 74 valence electrons. The predicted octanol–water partition coefficient (Wildman–Crippen LogP) is 3.00. The molecule has 0 saturated heterocycles. The van der Waals surface area contributed by atoms with Crippen LogP contribution in [0.1, 0.15) is 32.5 Å². The second kappa shape index (κ2) is 5.28. The number of alkyl halides is 1. The molecule has 13 heavy (non-hydrogen) atoms. The van der Waals surface area contributed by atoms with Crippen LogP contribution in [-0.2, 0) is 6.42 Å². The molecule has 0 amide bonds. The summed E-state index contributed by atoms with van der Waals surface area (Å²) in [5.74, 6) is 1.60. The van der Waals surface area contributed by atoms with Gasteiger partial charge in [-0.1, -0.05) is 26.7 Å². The van der Waals surface area contributed by atoms with Gasteiger partial charge in [0.2, 0.25) is 0 Å². The first kappa shape index (κ1) is 10.6. The minimum Gasteiger partial charge on any atom is -0.349 e. The van der Waals surface area contributed by atoms with Gasteiger partial charge in [-0.15, -0.1) is 11.6 Å². The molecule has 1 N–H and O–H groups in total. The van der Waals surface area contributed by atoms with Gasteiger partial charge in [0.25, 0.3) is 0 Å². The van der Waals surface area contributed by atoms with E-state index >= 15 is 0 Å². The Balaban J connectivity index is 2.44. The predicted molar refractivity (Wildman–Crippen MR) is 56.0 cm³/mol. The van der Waals surface area contributed by atoms with E-state index in [1.165, 1.54) is 0 Å². The highest BCUT2D eigenvalue weighted by atomic mass is 35.5. The number of imidazole rings is 1. The highest BCUT2D eigenvalue weighted by Gasteiger charge is 2.16. The zero-order valence-corrected chi connectivity index (χ0v) is 9.01. The largest absolute Gasteiger partial charge is 0.349 e. The number of H-pyrrole nitrogens is 1. The Morgan fingerprint density at radius 3 is 2.62 bits per heavy atom. The Morgan fingerprint density at radius 2 is 2.15 bits per heavy atom. The van der Waals surface area contributed by atoms with Gasteiger partial charge in [0, 0.05) is 24.2 Å². The molecule has 1 heterocycles. The summed E-state index contributed by atoms with van der Waals surface area (Å²) in [7, 11) is 0. The van der Waals surface area contributed by atoms with E-state index in [-0.39, 0.29) is 5.38 Å². The number of rotatable bonds is 5. The molecule has 0 aliphatic carbocycles. The molecule has 1 unspecified atom stereocenters. The highest BCUT2D eigenvalue weighted by molar-refractivity contribution is 6.20. The topological polar surface area (TPSA) is 28.7 Å². The fraction of sp³-hybridized carbons (Fsp3) is 0.700. The molecule has 1 aromatic rings. The van der Waals surface area contributed by atoms with Gasteiger partial charge in [0.05, 0.1) is 0 Å². The first-order chi connectivity index (χ1) is 6.27. The first-order valence-corrected chi connectivity index (χ1v) is 5.33. The Morgan fingerprint density at radius 1 is 1.46 bits per heavy atom. The fourth-order valence-corrected chi connectivity index (χ4v) is 2.06. The van der Waals surface area contributed by atoms with Crippen molar-refractivity contribution in [1.29, 1.82) is 0 Å². The van der Waals surface area contributed by atoms with Crippen LogP contribution in [0.15, 0.2) is 12.4 Å². The average Bonchev–Trinajstić information content (AvgIpc) is 2.59. The summed E-state index contributed by atoms with van der Waals surface area (Å²) in [5.41, 5.74) is 0. The van der Waals surface area contributed by atoms with Crippen LogP contribution in [0.5, 0.6) is 0 Å². The molecule has 3 heteroatoms. The second-order valence-electron chi connectivity index (χ2n) is 3.33. The Bertz CT molecular complexity index is 217. The van der Waals surface area contributed by atoms with Gasteiger partial charge < -0.3 is 4.98 Å². The van der Waals surface area contributed by atoms with Crippen LogP contribution >= 0.6 is 11.6 Å². The zero-order chi connectivity index (χ0) is 9.68. The van der Waals surface area contributed by atoms with Gasteiger partial charge in [0.1, 0.15) is 5.82 Å². The lowest BCUT2D eigenvalue weighted by Gasteiger charge is -2.17. The zero-order valence-electron chi connectivity index (χ0n) is 8.26. The van der Waals surface area contributed by atoms with Crippen molar-refractivity contribution in [3.8, 4) is 0 Å². The summed E-state index contributed by atoms with van der Waals surface area (Å²) in [5, 5.41) is 0.209. The molecule has 1 aromatic heterocycles. The van der Waals surface area contributed by atoms with Crippen LogP contribution < -0.4 is 0 Å². The van der Waals surface area contributed by atoms with Crippen LogP contribution in [0.25, 0.3) is 0 Å². The van der Waals surface area contributed by atoms with E-state index < -0.39 is 0 Å². The SMILES string of the molecule is CCC(CC)C(Cl)Cc1ncc[nH]1. The Hall–Kier alpha value is -0.500. The molecule has 0 aliphatic rings. The summed E-state index contributed by atoms with van der Waals surface area (Å²) < 4.78 is 0. The molecule has 0 bridgehead atoms. The van der Waals surface area contributed by atoms with Crippen LogP contribution in [0.2, 0.25) is 0 Å². The lowest BCUT2D eigenvalue weighted by atomic mass is 9.97. The number of aromatic amines is 1. The van der Waals surface area contributed by atoms with Crippen molar-refractivity contribution in [3.63, 3.8) is 0 Å². The minimum atomic E-state index is 0.209. The van der Waals surface area contributed by atoms with Gasteiger partial charge in [-0.25, -0.2) is 4.98 Å². The summed E-state index contributed by atoms with van der Waals surface area (Å²) in [6.07, 6.45) is 6.75. The van der Waals surface area contributed by atoms with E-state index in [0.717, 1.165) is 25.1 Å². The summed E-state index contributed by atoms with van der Waals surface area (Å²) in [6.45, 7) is 4.37. The third-order valence-electron chi connectivity index (χ3n) is 2.50. The van der Waals surface area contributed by atoms with Crippen molar-refractivity contribution in [2.45, 2.75) is 38.5 Å². The molecular formula is C10H17ClN2. The smallest absolute Gasteiger partial charge is 0.107 e. The van der Waals surface area contributed by atoms with Crippen LogP contribution in [0.4, 0.5) is 0 Å². The fourth-order valence-electron chi connectivity index (χ4n) is 1.56. The van der Waals surface area contributed by atoms with E-state index in [9.17, 15) is 0 Å². The third kappa shape index (κ3) is 3.03. The summed E-state index contributed by atoms with van der Waals surface area (Å²) >= 11 is 6.28. The van der Waals surface area contributed by atoms with E-state index in [1.807, 2.05) is 6.20 Å². The standard InChI is InChI=1S/C10H17ClN2/c1-3-8(4-2)9(11)7-10-12-5-6-13-10/h5-6,8-9H,3-4,7H2,1-2H3,(H,12,13). The van der Waals surface area contributed by atoms with Gasteiger partial charge in [-0.05, 0) is 5.92 Å². The van der Waals surface area contributed by atoms with E-state index in [0.29, 0.717) is 5.92 Å². The minimum absolute atomic E-state index is 0.209. The number of nitrogens with zero attached hydrogens (tertiary/aromatic N) is 1. The molecule has 1 atom stereocenters. The monoisotopic (exact) mass is 200 g/mol. The number of hydrogen-bond acceptors (Lipinski definition) is 1. The lowest BCUT2D eigenvalue weighted by Crippen LogP contribution is -2.16. The Kier molecular flexibility index (Phi) is 4.29. The average molecular weight is 201 g/mol. The van der Waals surface area contributed by atoms with E-state index in [1.54, 1.807) is 6.20 Å².